The Balaban J connectivity index is 1.89. The Morgan fingerprint density at radius 2 is 2.26 bits per heavy atom. The van der Waals surface area contributed by atoms with Gasteiger partial charge < -0.3 is 10.2 Å². The quantitative estimate of drug-likeness (QED) is 0.855. The van der Waals surface area contributed by atoms with E-state index in [2.05, 4.69) is 41.0 Å². The molecule has 1 fully saturated rings. The van der Waals surface area contributed by atoms with Crippen LogP contribution in [0.5, 0.6) is 0 Å². The number of rotatable bonds is 3. The van der Waals surface area contributed by atoms with Gasteiger partial charge in [-0.3, -0.25) is 0 Å². The van der Waals surface area contributed by atoms with Crippen molar-refractivity contribution in [1.82, 2.24) is 15.0 Å². The number of thiazole rings is 1. The molecule has 1 saturated carbocycles. The lowest BCUT2D eigenvalue weighted by molar-refractivity contribution is 1.08. The summed E-state index contributed by atoms with van der Waals surface area (Å²) in [5.41, 5.74) is 0.855. The number of anilines is 2. The molecule has 0 radical (unpaired) electrons. The molecule has 0 spiro atoms. The molecule has 0 atom stereocenters. The van der Waals surface area contributed by atoms with E-state index in [1.807, 2.05) is 6.92 Å². The molecular formula is C12H10BrN5S. The van der Waals surface area contributed by atoms with Crippen molar-refractivity contribution in [2.24, 2.45) is 0 Å². The summed E-state index contributed by atoms with van der Waals surface area (Å²) < 4.78 is 0.867. The van der Waals surface area contributed by atoms with E-state index in [-0.39, 0.29) is 0 Å². The van der Waals surface area contributed by atoms with E-state index in [4.69, 9.17) is 6.57 Å². The third-order valence-electron chi connectivity index (χ3n) is 2.80. The zero-order chi connectivity index (χ0) is 13.4. The maximum atomic E-state index is 7.18. The molecule has 7 heteroatoms. The fourth-order valence-electron chi connectivity index (χ4n) is 1.60. The van der Waals surface area contributed by atoms with Crippen LogP contribution in [0.2, 0.25) is 0 Å². The minimum absolute atomic E-state index is 0.413. The Morgan fingerprint density at radius 3 is 2.89 bits per heavy atom. The Morgan fingerprint density at radius 1 is 1.47 bits per heavy atom. The summed E-state index contributed by atoms with van der Waals surface area (Å²) in [6, 6.07) is 0. The highest BCUT2D eigenvalue weighted by molar-refractivity contribution is 9.10. The summed E-state index contributed by atoms with van der Waals surface area (Å²) in [6.45, 7) is 9.08. The van der Waals surface area contributed by atoms with Crippen LogP contribution in [0.1, 0.15) is 29.5 Å². The average molecular weight is 336 g/mol. The number of hydrogen-bond donors (Lipinski definition) is 1. The topological polar surface area (TPSA) is 55.1 Å². The van der Waals surface area contributed by atoms with Gasteiger partial charge in [-0.15, -0.1) is 4.98 Å². The Bertz CT molecular complexity index is 671. The van der Waals surface area contributed by atoms with Gasteiger partial charge in [0.05, 0.1) is 10.2 Å². The largest absolute Gasteiger partial charge is 0.358 e. The van der Waals surface area contributed by atoms with Crippen molar-refractivity contribution in [3.8, 4) is 0 Å². The lowest BCUT2D eigenvalue weighted by atomic mass is 10.4. The number of nitrogens with one attached hydrogen (secondary N) is 1. The Labute approximate surface area is 123 Å². The SMILES string of the molecule is [C-]#[N+]c1nc(C2CC2)sc1Nc1ncc(Br)c(C)n1. The van der Waals surface area contributed by atoms with Crippen LogP contribution in [0, 0.1) is 13.5 Å². The second-order valence-corrected chi connectivity index (χ2v) is 6.23. The lowest BCUT2D eigenvalue weighted by Crippen LogP contribution is -1.97. The van der Waals surface area contributed by atoms with Gasteiger partial charge in [0, 0.05) is 12.1 Å². The predicted octanol–water partition coefficient (Wildman–Crippen LogP) is 4.18. The first kappa shape index (κ1) is 12.5. The second-order valence-electron chi connectivity index (χ2n) is 4.34. The molecule has 0 aliphatic heterocycles. The highest BCUT2D eigenvalue weighted by Crippen LogP contribution is 2.46. The van der Waals surface area contributed by atoms with Gasteiger partial charge in [0.2, 0.25) is 5.95 Å². The van der Waals surface area contributed by atoms with Crippen molar-refractivity contribution in [2.75, 3.05) is 5.32 Å². The molecule has 5 nitrogen and oxygen atoms in total. The van der Waals surface area contributed by atoms with Crippen molar-refractivity contribution < 1.29 is 0 Å². The summed E-state index contributed by atoms with van der Waals surface area (Å²) in [5.74, 6) is 1.46. The first-order valence-electron chi connectivity index (χ1n) is 5.81. The molecule has 2 aromatic heterocycles. The number of hydrogen-bond acceptors (Lipinski definition) is 5. The summed E-state index contributed by atoms with van der Waals surface area (Å²) in [7, 11) is 0. The maximum Gasteiger partial charge on any atom is 0.304 e. The van der Waals surface area contributed by atoms with Crippen LogP contribution in [-0.4, -0.2) is 15.0 Å². The van der Waals surface area contributed by atoms with E-state index < -0.39 is 0 Å². The van der Waals surface area contributed by atoms with Gasteiger partial charge in [0.25, 0.3) is 0 Å². The van der Waals surface area contributed by atoms with Gasteiger partial charge in [0.1, 0.15) is 5.00 Å². The predicted molar refractivity (Wildman–Crippen MR) is 78.1 cm³/mol. The van der Waals surface area contributed by atoms with Crippen molar-refractivity contribution in [3.63, 3.8) is 0 Å². The molecule has 1 aliphatic rings. The van der Waals surface area contributed by atoms with Crippen molar-refractivity contribution in [2.45, 2.75) is 25.7 Å². The zero-order valence-corrected chi connectivity index (χ0v) is 12.5. The highest BCUT2D eigenvalue weighted by Gasteiger charge is 2.31. The monoisotopic (exact) mass is 335 g/mol. The Hall–Kier alpha value is -1.52. The van der Waals surface area contributed by atoms with E-state index >= 15 is 0 Å². The van der Waals surface area contributed by atoms with Gasteiger partial charge in [-0.05, 0) is 35.7 Å². The van der Waals surface area contributed by atoms with Gasteiger partial charge in [-0.2, -0.15) is 0 Å². The molecule has 19 heavy (non-hydrogen) atoms. The van der Waals surface area contributed by atoms with Crippen molar-refractivity contribution in [1.29, 1.82) is 0 Å². The van der Waals surface area contributed by atoms with Crippen LogP contribution in [0.3, 0.4) is 0 Å². The van der Waals surface area contributed by atoms with E-state index in [1.165, 1.54) is 24.2 Å². The normalized spacial score (nSPS) is 14.2. The average Bonchev–Trinajstić information content (AvgIpc) is 3.16. The van der Waals surface area contributed by atoms with Crippen LogP contribution in [0.15, 0.2) is 10.7 Å². The summed E-state index contributed by atoms with van der Waals surface area (Å²) in [4.78, 5) is 16.3. The van der Waals surface area contributed by atoms with Crippen molar-refractivity contribution >= 4 is 44.0 Å². The van der Waals surface area contributed by atoms with Gasteiger partial charge >= 0.3 is 5.82 Å². The number of nitrogens with zero attached hydrogens (tertiary/aromatic N) is 4. The summed E-state index contributed by atoms with van der Waals surface area (Å²) in [6.07, 6.45) is 4.06. The van der Waals surface area contributed by atoms with E-state index in [0.29, 0.717) is 17.7 Å². The zero-order valence-electron chi connectivity index (χ0n) is 10.1. The summed E-state index contributed by atoms with van der Waals surface area (Å²) >= 11 is 4.90. The third kappa shape index (κ3) is 2.60. The lowest BCUT2D eigenvalue weighted by Gasteiger charge is -2.03. The summed E-state index contributed by atoms with van der Waals surface area (Å²) in [5, 5.41) is 4.87. The first-order valence-corrected chi connectivity index (χ1v) is 7.42. The molecule has 1 N–H and O–H groups in total. The number of aryl methyl sites for hydroxylation is 1. The third-order valence-corrected chi connectivity index (χ3v) is 4.70. The van der Waals surface area contributed by atoms with Crippen LogP contribution in [0.25, 0.3) is 4.85 Å². The fourth-order valence-corrected chi connectivity index (χ4v) is 2.86. The standard InChI is InChI=1S/C12H10BrN5S/c1-6-8(13)5-15-12(16-6)18-11-9(14-2)17-10(19-11)7-3-4-7/h5,7H,3-4H2,1H3,(H,15,16,18). The molecule has 96 valence electrons. The van der Waals surface area contributed by atoms with Crippen LogP contribution in [-0.2, 0) is 0 Å². The molecule has 0 amide bonds. The second kappa shape index (κ2) is 4.87. The minimum Gasteiger partial charge on any atom is -0.358 e. The molecular weight excluding hydrogens is 326 g/mol. The molecule has 2 aromatic rings. The fraction of sp³-hybridized carbons (Fsp3) is 0.333. The van der Waals surface area contributed by atoms with Crippen LogP contribution in [0.4, 0.5) is 16.8 Å². The van der Waals surface area contributed by atoms with Crippen molar-refractivity contribution in [3.05, 3.63) is 32.8 Å². The van der Waals surface area contributed by atoms with Gasteiger partial charge in [0.15, 0.2) is 5.01 Å². The number of aromatic nitrogens is 3. The van der Waals surface area contributed by atoms with Crippen LogP contribution >= 0.6 is 27.3 Å². The van der Waals surface area contributed by atoms with Gasteiger partial charge in [-0.25, -0.2) is 9.97 Å². The molecule has 2 heterocycles. The van der Waals surface area contributed by atoms with E-state index in [1.54, 1.807) is 6.20 Å². The minimum atomic E-state index is 0.413. The number of halogens is 1. The molecule has 0 unspecified atom stereocenters. The molecule has 0 bridgehead atoms. The highest BCUT2D eigenvalue weighted by atomic mass is 79.9. The Kier molecular flexibility index (Phi) is 3.21. The van der Waals surface area contributed by atoms with E-state index in [9.17, 15) is 0 Å². The molecule has 0 saturated heterocycles. The van der Waals surface area contributed by atoms with E-state index in [0.717, 1.165) is 20.2 Å². The smallest absolute Gasteiger partial charge is 0.304 e. The molecule has 0 aromatic carbocycles. The molecule has 3 rings (SSSR count). The first-order chi connectivity index (χ1) is 9.17. The maximum absolute atomic E-state index is 7.18. The van der Waals surface area contributed by atoms with Gasteiger partial charge in [-0.1, -0.05) is 17.9 Å². The molecule has 1 aliphatic carbocycles. The van der Waals surface area contributed by atoms with Crippen LogP contribution < -0.4 is 5.32 Å².